The van der Waals surface area contributed by atoms with Crippen LogP contribution in [0.2, 0.25) is 0 Å². The van der Waals surface area contributed by atoms with E-state index in [4.69, 9.17) is 5.11 Å². The molecule has 0 unspecified atom stereocenters. The molecule has 0 radical (unpaired) electrons. The second-order valence-corrected chi connectivity index (χ2v) is 6.01. The number of carboxylic acids is 1. The highest BCUT2D eigenvalue weighted by Crippen LogP contribution is 2.24. The molecule has 0 spiro atoms. The molecule has 0 saturated carbocycles. The van der Waals surface area contributed by atoms with Crippen LogP contribution in [0.15, 0.2) is 30.5 Å². The lowest BCUT2D eigenvalue weighted by atomic mass is 10.0. The maximum atomic E-state index is 13.2. The van der Waals surface area contributed by atoms with Gasteiger partial charge in [-0.1, -0.05) is 13.8 Å². The van der Waals surface area contributed by atoms with E-state index in [2.05, 4.69) is 5.10 Å². The number of hydrogen-bond donors (Lipinski definition) is 1. The number of rotatable bonds is 7. The van der Waals surface area contributed by atoms with Crippen LogP contribution in [0, 0.1) is 5.82 Å². The molecular formula is C18H22FN3O3. The first-order valence-corrected chi connectivity index (χ1v) is 8.20. The first-order valence-electron chi connectivity index (χ1n) is 8.20. The molecule has 0 aliphatic heterocycles. The lowest BCUT2D eigenvalue weighted by Crippen LogP contribution is -2.33. The highest BCUT2D eigenvalue weighted by molar-refractivity contribution is 5.95. The van der Waals surface area contributed by atoms with E-state index >= 15 is 0 Å². The number of hydrogen-bond acceptors (Lipinski definition) is 3. The van der Waals surface area contributed by atoms with E-state index in [0.717, 1.165) is 0 Å². The predicted molar refractivity (Wildman–Crippen MR) is 91.4 cm³/mol. The van der Waals surface area contributed by atoms with E-state index in [0.29, 0.717) is 23.5 Å². The number of carbonyl (C=O) groups is 2. The third-order valence-corrected chi connectivity index (χ3v) is 3.92. The fourth-order valence-corrected chi connectivity index (χ4v) is 2.67. The Morgan fingerprint density at radius 2 is 1.92 bits per heavy atom. The first-order chi connectivity index (χ1) is 11.8. The molecule has 0 bridgehead atoms. The van der Waals surface area contributed by atoms with E-state index in [-0.39, 0.29) is 30.6 Å². The van der Waals surface area contributed by atoms with E-state index in [9.17, 15) is 14.0 Å². The summed E-state index contributed by atoms with van der Waals surface area (Å²) in [6.07, 6.45) is 1.38. The SMILES string of the molecule is CCN(CCC(=O)O)C(=O)c1cnn(-c2ccc(F)cc2)c1C(C)C. The van der Waals surface area contributed by atoms with Crippen molar-refractivity contribution in [1.29, 1.82) is 0 Å². The molecule has 0 aliphatic carbocycles. The monoisotopic (exact) mass is 347 g/mol. The largest absolute Gasteiger partial charge is 0.481 e. The van der Waals surface area contributed by atoms with Crippen LogP contribution in [0.4, 0.5) is 4.39 Å². The summed E-state index contributed by atoms with van der Waals surface area (Å²) in [5, 5.41) is 13.1. The number of aliphatic carboxylic acids is 1. The molecule has 6 nitrogen and oxygen atoms in total. The molecule has 1 amide bonds. The number of benzene rings is 1. The number of amides is 1. The second kappa shape index (κ2) is 7.92. The minimum Gasteiger partial charge on any atom is -0.481 e. The molecule has 0 fully saturated rings. The molecule has 0 saturated heterocycles. The quantitative estimate of drug-likeness (QED) is 0.835. The van der Waals surface area contributed by atoms with Crippen molar-refractivity contribution < 1.29 is 19.1 Å². The molecule has 1 aromatic carbocycles. The van der Waals surface area contributed by atoms with Gasteiger partial charge in [-0.2, -0.15) is 5.10 Å². The lowest BCUT2D eigenvalue weighted by molar-refractivity contribution is -0.137. The molecule has 25 heavy (non-hydrogen) atoms. The van der Waals surface area contributed by atoms with Gasteiger partial charge in [0, 0.05) is 13.1 Å². The van der Waals surface area contributed by atoms with Crippen LogP contribution >= 0.6 is 0 Å². The number of aromatic nitrogens is 2. The predicted octanol–water partition coefficient (Wildman–Crippen LogP) is 3.07. The van der Waals surface area contributed by atoms with Gasteiger partial charge in [0.1, 0.15) is 5.82 Å². The van der Waals surface area contributed by atoms with E-state index in [1.54, 1.807) is 23.7 Å². The van der Waals surface area contributed by atoms with Crippen LogP contribution in [0.3, 0.4) is 0 Å². The number of halogens is 1. The zero-order valence-electron chi connectivity index (χ0n) is 14.6. The van der Waals surface area contributed by atoms with Crippen molar-refractivity contribution in [2.75, 3.05) is 13.1 Å². The maximum absolute atomic E-state index is 13.2. The van der Waals surface area contributed by atoms with E-state index in [1.165, 1.54) is 23.2 Å². The summed E-state index contributed by atoms with van der Waals surface area (Å²) in [7, 11) is 0. The molecule has 1 N–H and O–H groups in total. The summed E-state index contributed by atoms with van der Waals surface area (Å²) in [6, 6.07) is 5.89. The van der Waals surface area contributed by atoms with Gasteiger partial charge in [0.05, 0.1) is 29.6 Å². The molecule has 7 heteroatoms. The van der Waals surface area contributed by atoms with Crippen LogP contribution in [0.25, 0.3) is 5.69 Å². The smallest absolute Gasteiger partial charge is 0.305 e. The topological polar surface area (TPSA) is 75.4 Å². The molecule has 0 atom stereocenters. The van der Waals surface area contributed by atoms with Gasteiger partial charge in [-0.05, 0) is 37.1 Å². The van der Waals surface area contributed by atoms with Crippen LogP contribution in [0.5, 0.6) is 0 Å². The van der Waals surface area contributed by atoms with Crippen molar-refractivity contribution in [2.24, 2.45) is 0 Å². The Hall–Kier alpha value is -2.70. The molecule has 2 aromatic rings. The zero-order chi connectivity index (χ0) is 18.6. The number of nitrogens with zero attached hydrogens (tertiary/aromatic N) is 3. The molecule has 2 rings (SSSR count). The molecule has 1 aromatic heterocycles. The van der Waals surface area contributed by atoms with Gasteiger partial charge in [-0.15, -0.1) is 0 Å². The van der Waals surface area contributed by atoms with E-state index < -0.39 is 5.97 Å². The second-order valence-electron chi connectivity index (χ2n) is 6.01. The Kier molecular flexibility index (Phi) is 5.90. The van der Waals surface area contributed by atoms with Gasteiger partial charge in [0.25, 0.3) is 5.91 Å². The average molecular weight is 347 g/mol. The Labute approximate surface area is 145 Å². The maximum Gasteiger partial charge on any atom is 0.305 e. The van der Waals surface area contributed by atoms with Crippen molar-refractivity contribution in [3.05, 3.63) is 47.5 Å². The number of carboxylic acid groups (broad SMARTS) is 1. The van der Waals surface area contributed by atoms with Crippen LogP contribution in [-0.2, 0) is 4.79 Å². The van der Waals surface area contributed by atoms with E-state index in [1.807, 2.05) is 13.8 Å². The Morgan fingerprint density at radius 1 is 1.28 bits per heavy atom. The molecule has 1 heterocycles. The van der Waals surface area contributed by atoms with Crippen LogP contribution in [0.1, 0.15) is 49.2 Å². The fourth-order valence-electron chi connectivity index (χ4n) is 2.67. The standard InChI is InChI=1S/C18H22FN3O3/c1-4-21(10-9-16(23)24)18(25)15-11-20-22(17(15)12(2)3)14-7-5-13(19)6-8-14/h5-8,11-12H,4,9-10H2,1-3H3,(H,23,24). The van der Waals surface area contributed by atoms with Crippen LogP contribution in [-0.4, -0.2) is 44.8 Å². The number of carbonyl (C=O) groups excluding carboxylic acids is 1. The summed E-state index contributed by atoms with van der Waals surface area (Å²) >= 11 is 0. The van der Waals surface area contributed by atoms with Gasteiger partial charge in [-0.25, -0.2) is 9.07 Å². The summed E-state index contributed by atoms with van der Waals surface area (Å²) in [5.74, 6) is -1.54. The van der Waals surface area contributed by atoms with Crippen molar-refractivity contribution >= 4 is 11.9 Å². The van der Waals surface area contributed by atoms with Gasteiger partial charge >= 0.3 is 5.97 Å². The minimum atomic E-state index is -0.947. The van der Waals surface area contributed by atoms with Crippen molar-refractivity contribution in [3.8, 4) is 5.69 Å². The summed E-state index contributed by atoms with van der Waals surface area (Å²) in [4.78, 5) is 25.1. The van der Waals surface area contributed by atoms with Gasteiger partial charge in [0.15, 0.2) is 0 Å². The van der Waals surface area contributed by atoms with Gasteiger partial charge in [-0.3, -0.25) is 9.59 Å². The summed E-state index contributed by atoms with van der Waals surface area (Å²) in [6.45, 7) is 6.25. The minimum absolute atomic E-state index is 0.00434. The Bertz CT molecular complexity index is 753. The van der Waals surface area contributed by atoms with Crippen molar-refractivity contribution in [1.82, 2.24) is 14.7 Å². The highest BCUT2D eigenvalue weighted by Gasteiger charge is 2.24. The Morgan fingerprint density at radius 3 is 2.44 bits per heavy atom. The third-order valence-electron chi connectivity index (χ3n) is 3.92. The molecular weight excluding hydrogens is 325 g/mol. The van der Waals surface area contributed by atoms with Crippen LogP contribution < -0.4 is 0 Å². The molecule has 0 aliphatic rings. The first kappa shape index (κ1) is 18.6. The fraction of sp³-hybridized carbons (Fsp3) is 0.389. The lowest BCUT2D eigenvalue weighted by Gasteiger charge is -2.21. The van der Waals surface area contributed by atoms with Crippen molar-refractivity contribution in [2.45, 2.75) is 33.1 Å². The molecule has 134 valence electrons. The normalized spacial score (nSPS) is 10.9. The zero-order valence-corrected chi connectivity index (χ0v) is 14.6. The average Bonchev–Trinajstić information content (AvgIpc) is 3.00. The highest BCUT2D eigenvalue weighted by atomic mass is 19.1. The Balaban J connectivity index is 2.39. The van der Waals surface area contributed by atoms with Gasteiger partial charge in [0.2, 0.25) is 0 Å². The summed E-state index contributed by atoms with van der Waals surface area (Å²) in [5.41, 5.74) is 1.81. The summed E-state index contributed by atoms with van der Waals surface area (Å²) < 4.78 is 14.8. The third kappa shape index (κ3) is 4.23. The van der Waals surface area contributed by atoms with Crippen molar-refractivity contribution in [3.63, 3.8) is 0 Å². The van der Waals surface area contributed by atoms with Gasteiger partial charge < -0.3 is 10.0 Å².